The first-order valence-electron chi connectivity index (χ1n) is 5.93. The lowest BCUT2D eigenvalue weighted by Crippen LogP contribution is -2.26. The first-order chi connectivity index (χ1) is 8.68. The van der Waals surface area contributed by atoms with Gasteiger partial charge in [-0.05, 0) is 25.5 Å². The van der Waals surface area contributed by atoms with E-state index in [2.05, 4.69) is 20.5 Å². The second kappa shape index (κ2) is 5.48. The fourth-order valence-corrected chi connectivity index (χ4v) is 1.74. The number of aromatic amines is 1. The van der Waals surface area contributed by atoms with E-state index in [9.17, 15) is 4.79 Å². The van der Waals surface area contributed by atoms with Gasteiger partial charge < -0.3 is 9.88 Å². The van der Waals surface area contributed by atoms with Crippen LogP contribution in [0.15, 0.2) is 18.5 Å². The Labute approximate surface area is 105 Å². The van der Waals surface area contributed by atoms with Crippen molar-refractivity contribution in [2.75, 3.05) is 6.54 Å². The van der Waals surface area contributed by atoms with Crippen molar-refractivity contribution in [1.29, 1.82) is 0 Å². The molecule has 0 aliphatic rings. The number of carbonyl (C=O) groups is 1. The Hall–Kier alpha value is -2.11. The molecule has 2 N–H and O–H groups in total. The van der Waals surface area contributed by atoms with E-state index < -0.39 is 0 Å². The fourth-order valence-electron chi connectivity index (χ4n) is 1.74. The van der Waals surface area contributed by atoms with Crippen molar-refractivity contribution in [2.45, 2.75) is 19.8 Å². The molecule has 0 aliphatic carbocycles. The van der Waals surface area contributed by atoms with E-state index in [4.69, 9.17) is 0 Å². The minimum atomic E-state index is -0.0387. The Kier molecular flexibility index (Phi) is 3.76. The average molecular weight is 247 g/mol. The first kappa shape index (κ1) is 12.3. The Balaban J connectivity index is 1.77. The highest BCUT2D eigenvalue weighted by atomic mass is 16.1. The number of hydrogen-bond acceptors (Lipinski definition) is 3. The van der Waals surface area contributed by atoms with Crippen molar-refractivity contribution in [1.82, 2.24) is 25.1 Å². The lowest BCUT2D eigenvalue weighted by Gasteiger charge is -2.06. The zero-order chi connectivity index (χ0) is 13.0. The molecule has 0 radical (unpaired) electrons. The minimum absolute atomic E-state index is 0.0387. The van der Waals surface area contributed by atoms with Crippen LogP contribution in [0.4, 0.5) is 0 Å². The summed E-state index contributed by atoms with van der Waals surface area (Å²) in [6, 6.07) is 3.77. The fraction of sp³-hybridized carbons (Fsp3) is 0.417. The summed E-state index contributed by atoms with van der Waals surface area (Å²) in [4.78, 5) is 15.9. The molecule has 2 heterocycles. The zero-order valence-corrected chi connectivity index (χ0v) is 10.6. The van der Waals surface area contributed by atoms with Gasteiger partial charge in [0.15, 0.2) is 0 Å². The number of aromatic nitrogens is 4. The van der Waals surface area contributed by atoms with Crippen LogP contribution < -0.4 is 5.32 Å². The summed E-state index contributed by atoms with van der Waals surface area (Å²) in [5.41, 5.74) is 1.76. The van der Waals surface area contributed by atoms with Gasteiger partial charge in [-0.15, -0.1) is 0 Å². The van der Waals surface area contributed by atoms with Crippen LogP contribution >= 0.6 is 0 Å². The molecule has 0 bridgehead atoms. The van der Waals surface area contributed by atoms with Gasteiger partial charge >= 0.3 is 0 Å². The van der Waals surface area contributed by atoms with E-state index in [1.54, 1.807) is 0 Å². The largest absolute Gasteiger partial charge is 0.351 e. The van der Waals surface area contributed by atoms with Crippen molar-refractivity contribution in [3.05, 3.63) is 35.7 Å². The number of nitrogens with zero attached hydrogens (tertiary/aromatic N) is 3. The third-order valence-corrected chi connectivity index (χ3v) is 2.95. The quantitative estimate of drug-likeness (QED) is 0.768. The van der Waals surface area contributed by atoms with E-state index in [1.807, 2.05) is 30.7 Å². The van der Waals surface area contributed by atoms with Gasteiger partial charge in [0, 0.05) is 25.7 Å². The van der Waals surface area contributed by atoms with E-state index in [-0.39, 0.29) is 5.91 Å². The number of nitrogens with one attached hydrogen (secondary N) is 2. The van der Waals surface area contributed by atoms with Gasteiger partial charge in [0.25, 0.3) is 5.91 Å². The normalized spacial score (nSPS) is 10.6. The summed E-state index contributed by atoms with van der Waals surface area (Å²) in [6.45, 7) is 2.60. The molecule has 1 amide bonds. The van der Waals surface area contributed by atoms with Crippen LogP contribution in [0.2, 0.25) is 0 Å². The topological polar surface area (TPSA) is 75.6 Å². The molecular weight excluding hydrogens is 230 g/mol. The van der Waals surface area contributed by atoms with Gasteiger partial charge in [0.2, 0.25) is 0 Å². The molecule has 0 unspecified atom stereocenters. The highest BCUT2D eigenvalue weighted by Crippen LogP contribution is 2.05. The molecule has 6 nitrogen and oxygen atoms in total. The maximum atomic E-state index is 11.9. The third-order valence-electron chi connectivity index (χ3n) is 2.95. The second-order valence-electron chi connectivity index (χ2n) is 4.21. The molecule has 0 aliphatic heterocycles. The van der Waals surface area contributed by atoms with Gasteiger partial charge in [-0.1, -0.05) is 0 Å². The SMILES string of the molecule is Cc1ccc(C(=O)NCCCc2ncn[nH]2)n1C. The smallest absolute Gasteiger partial charge is 0.267 e. The van der Waals surface area contributed by atoms with Crippen LogP contribution in [0.5, 0.6) is 0 Å². The molecule has 96 valence electrons. The van der Waals surface area contributed by atoms with E-state index in [0.29, 0.717) is 12.2 Å². The van der Waals surface area contributed by atoms with Crippen molar-refractivity contribution < 1.29 is 4.79 Å². The monoisotopic (exact) mass is 247 g/mol. The summed E-state index contributed by atoms with van der Waals surface area (Å²) >= 11 is 0. The molecule has 18 heavy (non-hydrogen) atoms. The van der Waals surface area contributed by atoms with Gasteiger partial charge in [-0.25, -0.2) is 4.98 Å². The van der Waals surface area contributed by atoms with Gasteiger partial charge in [0.1, 0.15) is 17.8 Å². The van der Waals surface area contributed by atoms with Crippen molar-refractivity contribution >= 4 is 5.91 Å². The van der Waals surface area contributed by atoms with Crippen LogP contribution in [-0.4, -0.2) is 32.2 Å². The summed E-state index contributed by atoms with van der Waals surface area (Å²) in [7, 11) is 1.89. The van der Waals surface area contributed by atoms with Crippen molar-refractivity contribution in [2.24, 2.45) is 7.05 Å². The average Bonchev–Trinajstić information content (AvgIpc) is 2.97. The number of aryl methyl sites for hydroxylation is 2. The van der Waals surface area contributed by atoms with Crippen LogP contribution in [0.25, 0.3) is 0 Å². The Morgan fingerprint density at radius 3 is 2.94 bits per heavy atom. The summed E-state index contributed by atoms with van der Waals surface area (Å²) in [5, 5.41) is 9.46. The second-order valence-corrected chi connectivity index (χ2v) is 4.21. The molecule has 0 aromatic carbocycles. The van der Waals surface area contributed by atoms with E-state index in [1.165, 1.54) is 6.33 Å². The van der Waals surface area contributed by atoms with Gasteiger partial charge in [0.05, 0.1) is 0 Å². The van der Waals surface area contributed by atoms with Crippen LogP contribution in [-0.2, 0) is 13.5 Å². The predicted molar refractivity (Wildman–Crippen MR) is 67.2 cm³/mol. The molecule has 0 fully saturated rings. The number of H-pyrrole nitrogens is 1. The standard InChI is InChI=1S/C12H17N5O/c1-9-5-6-10(17(9)2)12(18)13-7-3-4-11-14-8-15-16-11/h5-6,8H,3-4,7H2,1-2H3,(H,13,18)(H,14,15,16). The molecular formula is C12H17N5O. The molecule has 2 aromatic rings. The van der Waals surface area contributed by atoms with Crippen LogP contribution in [0.1, 0.15) is 28.4 Å². The third kappa shape index (κ3) is 2.77. The Morgan fingerprint density at radius 1 is 1.50 bits per heavy atom. The number of rotatable bonds is 5. The summed E-state index contributed by atoms with van der Waals surface area (Å²) in [6.07, 6.45) is 3.11. The Morgan fingerprint density at radius 2 is 2.33 bits per heavy atom. The summed E-state index contributed by atoms with van der Waals surface area (Å²) in [5.74, 6) is 0.808. The number of amides is 1. The molecule has 2 aromatic heterocycles. The number of carbonyl (C=O) groups excluding carboxylic acids is 1. The van der Waals surface area contributed by atoms with Crippen LogP contribution in [0, 0.1) is 6.92 Å². The van der Waals surface area contributed by atoms with E-state index >= 15 is 0 Å². The minimum Gasteiger partial charge on any atom is -0.351 e. The molecule has 0 spiro atoms. The number of hydrogen-bond donors (Lipinski definition) is 2. The van der Waals surface area contributed by atoms with E-state index in [0.717, 1.165) is 24.4 Å². The molecule has 2 rings (SSSR count). The maximum absolute atomic E-state index is 11.9. The summed E-state index contributed by atoms with van der Waals surface area (Å²) < 4.78 is 1.88. The predicted octanol–water partition coefficient (Wildman–Crippen LogP) is 0.814. The van der Waals surface area contributed by atoms with Crippen LogP contribution in [0.3, 0.4) is 0 Å². The highest BCUT2D eigenvalue weighted by Gasteiger charge is 2.09. The maximum Gasteiger partial charge on any atom is 0.267 e. The lowest BCUT2D eigenvalue weighted by atomic mass is 10.3. The molecule has 0 atom stereocenters. The van der Waals surface area contributed by atoms with Gasteiger partial charge in [-0.2, -0.15) is 5.10 Å². The zero-order valence-electron chi connectivity index (χ0n) is 10.6. The van der Waals surface area contributed by atoms with Crippen molar-refractivity contribution in [3.63, 3.8) is 0 Å². The van der Waals surface area contributed by atoms with Crippen molar-refractivity contribution in [3.8, 4) is 0 Å². The highest BCUT2D eigenvalue weighted by molar-refractivity contribution is 5.92. The van der Waals surface area contributed by atoms with Gasteiger partial charge in [-0.3, -0.25) is 9.89 Å². The molecule has 0 saturated heterocycles. The first-order valence-corrected chi connectivity index (χ1v) is 5.93. The lowest BCUT2D eigenvalue weighted by molar-refractivity contribution is 0.0945. The Bertz CT molecular complexity index is 515. The molecule has 6 heteroatoms. The molecule has 0 saturated carbocycles.